The zero-order valence-electron chi connectivity index (χ0n) is 9.36. The van der Waals surface area contributed by atoms with Crippen LogP contribution in [-0.4, -0.2) is 23.6 Å². The normalized spacial score (nSPS) is 10.5. The highest BCUT2D eigenvalue weighted by molar-refractivity contribution is 5.69. The van der Waals surface area contributed by atoms with Gasteiger partial charge in [-0.05, 0) is 18.2 Å². The van der Waals surface area contributed by atoms with Gasteiger partial charge in [-0.2, -0.15) is 5.10 Å². The van der Waals surface area contributed by atoms with E-state index in [4.69, 9.17) is 4.74 Å². The van der Waals surface area contributed by atoms with Crippen LogP contribution in [0.5, 0.6) is 5.75 Å². The van der Waals surface area contributed by atoms with Crippen molar-refractivity contribution in [1.82, 2.24) is 9.78 Å². The summed E-state index contributed by atoms with van der Waals surface area (Å²) < 4.78 is 32.0. The van der Waals surface area contributed by atoms with Gasteiger partial charge in [-0.1, -0.05) is 0 Å². The van der Waals surface area contributed by atoms with Crippen LogP contribution in [0.4, 0.5) is 8.78 Å². The zero-order valence-corrected chi connectivity index (χ0v) is 9.36. The molecule has 0 atom stereocenters. The number of rotatable bonds is 4. The molecule has 1 heterocycles. The molecule has 2 aromatic rings. The van der Waals surface area contributed by atoms with Gasteiger partial charge in [0.2, 0.25) is 0 Å². The van der Waals surface area contributed by atoms with E-state index >= 15 is 0 Å². The first-order chi connectivity index (χ1) is 8.24. The number of hydrogen-bond acceptors (Lipinski definition) is 2. The summed E-state index contributed by atoms with van der Waals surface area (Å²) in [7, 11) is 1.52. The Morgan fingerprint density at radius 3 is 2.94 bits per heavy atom. The van der Waals surface area contributed by atoms with Gasteiger partial charge in [-0.25, -0.2) is 8.78 Å². The number of aromatic nitrogens is 2. The summed E-state index contributed by atoms with van der Waals surface area (Å²) in [5.74, 6) is 0.213. The van der Waals surface area contributed by atoms with E-state index in [1.165, 1.54) is 23.9 Å². The van der Waals surface area contributed by atoms with E-state index < -0.39 is 6.67 Å². The summed E-state index contributed by atoms with van der Waals surface area (Å²) in [6.45, 7) is -0.293. The number of benzene rings is 1. The van der Waals surface area contributed by atoms with Gasteiger partial charge in [0.05, 0.1) is 19.9 Å². The molecule has 0 N–H and O–H groups in total. The summed E-state index contributed by atoms with van der Waals surface area (Å²) in [6, 6.07) is 4.25. The van der Waals surface area contributed by atoms with Gasteiger partial charge >= 0.3 is 0 Å². The second-order valence-corrected chi connectivity index (χ2v) is 3.53. The Bertz CT molecular complexity index is 511. The molecule has 5 heteroatoms. The van der Waals surface area contributed by atoms with Crippen LogP contribution in [0.1, 0.15) is 0 Å². The molecule has 0 saturated heterocycles. The maximum absolute atomic E-state index is 13.2. The molecule has 1 aromatic carbocycles. The molecule has 0 aliphatic heterocycles. The molecular weight excluding hydrogens is 226 g/mol. The summed E-state index contributed by atoms with van der Waals surface area (Å²) in [6.07, 6.45) is 3.23. The Kier molecular flexibility index (Phi) is 3.37. The maximum Gasteiger partial charge on any atom is 0.127 e. The van der Waals surface area contributed by atoms with E-state index in [1.54, 1.807) is 18.5 Å². The summed E-state index contributed by atoms with van der Waals surface area (Å²) in [5.41, 5.74) is 1.31. The predicted molar refractivity (Wildman–Crippen MR) is 60.1 cm³/mol. The Morgan fingerprint density at radius 1 is 1.41 bits per heavy atom. The molecule has 0 radical (unpaired) electrons. The molecule has 0 amide bonds. The third kappa shape index (κ3) is 2.43. The van der Waals surface area contributed by atoms with Crippen molar-refractivity contribution >= 4 is 0 Å². The summed E-state index contributed by atoms with van der Waals surface area (Å²) >= 11 is 0. The van der Waals surface area contributed by atoms with E-state index in [1.807, 2.05) is 0 Å². The molecule has 0 saturated carbocycles. The standard InChI is InChI=1S/C12H12F2N2O/c1-17-12-3-2-10(14)6-11(12)9-7-15-16(8-9)5-4-13/h2-3,6-8H,4-5H2,1H3. The van der Waals surface area contributed by atoms with Crippen LogP contribution in [0.25, 0.3) is 11.1 Å². The highest BCUT2D eigenvalue weighted by Crippen LogP contribution is 2.30. The fourth-order valence-corrected chi connectivity index (χ4v) is 1.62. The first-order valence-corrected chi connectivity index (χ1v) is 5.17. The van der Waals surface area contributed by atoms with Crippen LogP contribution < -0.4 is 4.74 Å². The van der Waals surface area contributed by atoms with E-state index in [0.717, 1.165) is 0 Å². The minimum atomic E-state index is -0.485. The van der Waals surface area contributed by atoms with Gasteiger partial charge in [-0.3, -0.25) is 4.68 Å². The Balaban J connectivity index is 2.40. The van der Waals surface area contributed by atoms with Crippen LogP contribution in [0.15, 0.2) is 30.6 Å². The molecule has 0 aliphatic carbocycles. The molecule has 1 aromatic heterocycles. The molecule has 2 rings (SSSR count). The second-order valence-electron chi connectivity index (χ2n) is 3.53. The third-order valence-electron chi connectivity index (χ3n) is 2.42. The van der Waals surface area contributed by atoms with Crippen molar-refractivity contribution in [2.24, 2.45) is 0 Å². The molecule has 0 fully saturated rings. The summed E-state index contributed by atoms with van der Waals surface area (Å²) in [4.78, 5) is 0. The molecule has 17 heavy (non-hydrogen) atoms. The number of nitrogens with zero attached hydrogens (tertiary/aromatic N) is 2. The lowest BCUT2D eigenvalue weighted by Gasteiger charge is -2.06. The monoisotopic (exact) mass is 238 g/mol. The lowest BCUT2D eigenvalue weighted by Crippen LogP contribution is -1.98. The Labute approximate surface area is 97.6 Å². The van der Waals surface area contributed by atoms with Crippen molar-refractivity contribution < 1.29 is 13.5 Å². The highest BCUT2D eigenvalue weighted by Gasteiger charge is 2.09. The first kappa shape index (κ1) is 11.6. The van der Waals surface area contributed by atoms with Gasteiger partial charge in [0.1, 0.15) is 18.2 Å². The van der Waals surface area contributed by atoms with Crippen molar-refractivity contribution in [3.05, 3.63) is 36.4 Å². The van der Waals surface area contributed by atoms with Crippen LogP contribution in [-0.2, 0) is 6.54 Å². The lowest BCUT2D eigenvalue weighted by atomic mass is 10.1. The largest absolute Gasteiger partial charge is 0.496 e. The number of hydrogen-bond donors (Lipinski definition) is 0. The van der Waals surface area contributed by atoms with Crippen molar-refractivity contribution in [3.63, 3.8) is 0 Å². The minimum Gasteiger partial charge on any atom is -0.496 e. The highest BCUT2D eigenvalue weighted by atomic mass is 19.1. The molecule has 0 aliphatic rings. The fourth-order valence-electron chi connectivity index (χ4n) is 1.62. The molecule has 0 spiro atoms. The van der Waals surface area contributed by atoms with Gasteiger partial charge in [0.15, 0.2) is 0 Å². The molecule has 3 nitrogen and oxygen atoms in total. The smallest absolute Gasteiger partial charge is 0.127 e. The van der Waals surface area contributed by atoms with Crippen LogP contribution in [0.2, 0.25) is 0 Å². The van der Waals surface area contributed by atoms with E-state index in [2.05, 4.69) is 5.10 Å². The molecule has 90 valence electrons. The molecule has 0 bridgehead atoms. The topological polar surface area (TPSA) is 27.1 Å². The van der Waals surface area contributed by atoms with Gasteiger partial charge in [-0.15, -0.1) is 0 Å². The predicted octanol–water partition coefficient (Wildman–Crippen LogP) is 2.67. The van der Waals surface area contributed by atoms with Gasteiger partial charge in [0, 0.05) is 17.3 Å². The van der Waals surface area contributed by atoms with Gasteiger partial charge < -0.3 is 4.74 Å². The minimum absolute atomic E-state index is 0.192. The Hall–Kier alpha value is -1.91. The Morgan fingerprint density at radius 2 is 2.24 bits per heavy atom. The lowest BCUT2D eigenvalue weighted by molar-refractivity contribution is 0.415. The van der Waals surface area contributed by atoms with Crippen molar-refractivity contribution in [2.75, 3.05) is 13.8 Å². The number of aryl methyl sites for hydroxylation is 1. The zero-order chi connectivity index (χ0) is 12.3. The quantitative estimate of drug-likeness (QED) is 0.818. The maximum atomic E-state index is 13.2. The van der Waals surface area contributed by atoms with Crippen LogP contribution in [0, 0.1) is 5.82 Å². The molecule has 0 unspecified atom stereocenters. The third-order valence-corrected chi connectivity index (χ3v) is 2.42. The molecular formula is C12H12F2N2O. The fraction of sp³-hybridized carbons (Fsp3) is 0.250. The van der Waals surface area contributed by atoms with E-state index in [-0.39, 0.29) is 12.4 Å². The SMILES string of the molecule is COc1ccc(F)cc1-c1cnn(CCF)c1. The number of halogens is 2. The second kappa shape index (κ2) is 4.95. The van der Waals surface area contributed by atoms with Crippen LogP contribution in [0.3, 0.4) is 0 Å². The number of methoxy groups -OCH3 is 1. The average Bonchev–Trinajstić information content (AvgIpc) is 2.78. The summed E-state index contributed by atoms with van der Waals surface area (Å²) in [5, 5.41) is 3.99. The van der Waals surface area contributed by atoms with Crippen molar-refractivity contribution in [2.45, 2.75) is 6.54 Å². The van der Waals surface area contributed by atoms with E-state index in [0.29, 0.717) is 16.9 Å². The van der Waals surface area contributed by atoms with E-state index in [9.17, 15) is 8.78 Å². The van der Waals surface area contributed by atoms with Gasteiger partial charge in [0.25, 0.3) is 0 Å². The van der Waals surface area contributed by atoms with Crippen LogP contribution >= 0.6 is 0 Å². The van der Waals surface area contributed by atoms with Crippen molar-refractivity contribution in [3.8, 4) is 16.9 Å². The number of alkyl halides is 1. The van der Waals surface area contributed by atoms with Crippen molar-refractivity contribution in [1.29, 1.82) is 0 Å². The first-order valence-electron chi connectivity index (χ1n) is 5.17. The number of ether oxygens (including phenoxy) is 1. The average molecular weight is 238 g/mol.